The smallest absolute Gasteiger partial charge is 0.233 e. The average Bonchev–Trinajstić information content (AvgIpc) is 3.42. The molecule has 4 atom stereocenters. The molecule has 1 heterocycles. The Morgan fingerprint density at radius 3 is 2.53 bits per heavy atom. The average molecular weight is 409 g/mol. The van der Waals surface area contributed by atoms with Crippen LogP contribution in [-0.4, -0.2) is 42.3 Å². The van der Waals surface area contributed by atoms with E-state index in [2.05, 4.69) is 27.8 Å². The number of aliphatic imine (C=N–C) groups is 1. The fourth-order valence-electron chi connectivity index (χ4n) is 4.72. The lowest BCUT2D eigenvalue weighted by Gasteiger charge is -2.18. The molecule has 0 spiro atoms. The third-order valence-electron chi connectivity index (χ3n) is 6.12. The number of carbonyl (C=O) groups excluding carboxylic acids is 2. The predicted octanol–water partition coefficient (Wildman–Crippen LogP) is 1.56. The quantitative estimate of drug-likeness (QED) is 0.322. The Morgan fingerprint density at radius 1 is 1.23 bits per heavy atom. The molecule has 1 saturated heterocycles. The van der Waals surface area contributed by atoms with Crippen molar-refractivity contribution >= 4 is 17.8 Å². The SMILES string of the molecule is CCNC(=NCc1ccc(C#N)cc1F)NCCN1C(=O)C2C3C=CC(C3)C2C1=O. The molecule has 7 nitrogen and oxygen atoms in total. The molecule has 1 aromatic carbocycles. The number of carbonyl (C=O) groups is 2. The van der Waals surface area contributed by atoms with Crippen molar-refractivity contribution in [2.45, 2.75) is 19.9 Å². The van der Waals surface area contributed by atoms with E-state index in [4.69, 9.17) is 5.26 Å². The summed E-state index contributed by atoms with van der Waals surface area (Å²) in [6.45, 7) is 3.27. The molecule has 1 aromatic rings. The van der Waals surface area contributed by atoms with Gasteiger partial charge in [-0.05, 0) is 37.3 Å². The van der Waals surface area contributed by atoms with Crippen LogP contribution < -0.4 is 10.6 Å². The summed E-state index contributed by atoms with van der Waals surface area (Å²) in [5, 5.41) is 15.0. The summed E-state index contributed by atoms with van der Waals surface area (Å²) in [6.07, 6.45) is 5.08. The molecular formula is C22H24FN5O2. The molecule has 0 radical (unpaired) electrons. The number of nitrogens with one attached hydrogen (secondary N) is 2. The number of hydrogen-bond acceptors (Lipinski definition) is 4. The first-order valence-electron chi connectivity index (χ1n) is 10.3. The topological polar surface area (TPSA) is 97.6 Å². The van der Waals surface area contributed by atoms with Crippen molar-refractivity contribution in [3.05, 3.63) is 47.3 Å². The van der Waals surface area contributed by atoms with E-state index in [1.807, 2.05) is 13.0 Å². The zero-order valence-electron chi connectivity index (χ0n) is 16.8. The zero-order valence-corrected chi connectivity index (χ0v) is 16.8. The maximum absolute atomic E-state index is 14.0. The highest BCUT2D eigenvalue weighted by Gasteiger charge is 2.58. The zero-order chi connectivity index (χ0) is 21.3. The molecule has 2 fully saturated rings. The molecule has 4 unspecified atom stereocenters. The van der Waals surface area contributed by atoms with Crippen molar-refractivity contribution in [3.8, 4) is 6.07 Å². The van der Waals surface area contributed by atoms with Crippen LogP contribution in [0.15, 0.2) is 35.3 Å². The number of guanidine groups is 1. The fraction of sp³-hybridized carbons (Fsp3) is 0.455. The van der Waals surface area contributed by atoms with Crippen molar-refractivity contribution < 1.29 is 14.0 Å². The van der Waals surface area contributed by atoms with Crippen molar-refractivity contribution in [2.75, 3.05) is 19.6 Å². The Balaban J connectivity index is 1.34. The number of hydrogen-bond donors (Lipinski definition) is 2. The van der Waals surface area contributed by atoms with Gasteiger partial charge < -0.3 is 10.6 Å². The van der Waals surface area contributed by atoms with E-state index in [1.165, 1.54) is 11.0 Å². The minimum Gasteiger partial charge on any atom is -0.357 e. The van der Waals surface area contributed by atoms with Crippen molar-refractivity contribution in [1.29, 1.82) is 5.26 Å². The number of amides is 2. The van der Waals surface area contributed by atoms with Gasteiger partial charge in [0.15, 0.2) is 5.96 Å². The van der Waals surface area contributed by atoms with Gasteiger partial charge in [-0.1, -0.05) is 18.2 Å². The summed E-state index contributed by atoms with van der Waals surface area (Å²) in [5.41, 5.74) is 0.644. The summed E-state index contributed by atoms with van der Waals surface area (Å²) < 4.78 is 14.0. The lowest BCUT2D eigenvalue weighted by molar-refractivity contribution is -0.140. The van der Waals surface area contributed by atoms with Crippen LogP contribution in [0.3, 0.4) is 0 Å². The largest absolute Gasteiger partial charge is 0.357 e. The van der Waals surface area contributed by atoms with Gasteiger partial charge in [-0.15, -0.1) is 0 Å². The van der Waals surface area contributed by atoms with E-state index in [9.17, 15) is 14.0 Å². The second-order valence-electron chi connectivity index (χ2n) is 7.87. The van der Waals surface area contributed by atoms with Gasteiger partial charge in [0.1, 0.15) is 5.82 Å². The molecule has 2 amide bonds. The summed E-state index contributed by atoms with van der Waals surface area (Å²) in [6, 6.07) is 6.19. The van der Waals surface area contributed by atoms with E-state index >= 15 is 0 Å². The van der Waals surface area contributed by atoms with Crippen molar-refractivity contribution in [2.24, 2.45) is 28.7 Å². The Morgan fingerprint density at radius 2 is 1.93 bits per heavy atom. The number of halogens is 1. The standard InChI is InChI=1S/C22H24FN5O2/c1-2-25-22(27-12-16-4-3-13(11-24)9-17(16)23)26-7-8-28-20(29)18-14-5-6-15(10-14)19(18)21(28)30/h3-6,9,14-15,18-19H,2,7-8,10,12H2,1H3,(H2,25,26,27). The van der Waals surface area contributed by atoms with Gasteiger partial charge in [0.25, 0.3) is 0 Å². The van der Waals surface area contributed by atoms with Gasteiger partial charge in [0.2, 0.25) is 11.8 Å². The molecule has 2 N–H and O–H groups in total. The first-order chi connectivity index (χ1) is 14.5. The monoisotopic (exact) mass is 409 g/mol. The van der Waals surface area contributed by atoms with Crippen LogP contribution >= 0.6 is 0 Å². The van der Waals surface area contributed by atoms with Gasteiger partial charge in [0.05, 0.1) is 30.0 Å². The van der Waals surface area contributed by atoms with Gasteiger partial charge in [0, 0.05) is 25.2 Å². The number of nitriles is 1. The van der Waals surface area contributed by atoms with Crippen LogP contribution in [0.1, 0.15) is 24.5 Å². The summed E-state index contributed by atoms with van der Waals surface area (Å²) >= 11 is 0. The highest BCUT2D eigenvalue weighted by atomic mass is 19.1. The second kappa shape index (κ2) is 8.27. The highest BCUT2D eigenvalue weighted by molar-refractivity contribution is 6.06. The Labute approximate surface area is 174 Å². The van der Waals surface area contributed by atoms with E-state index < -0.39 is 5.82 Å². The lowest BCUT2D eigenvalue weighted by Crippen LogP contribution is -2.43. The van der Waals surface area contributed by atoms with Gasteiger partial charge in [-0.2, -0.15) is 5.26 Å². The van der Waals surface area contributed by atoms with Crippen LogP contribution in [-0.2, 0) is 16.1 Å². The maximum Gasteiger partial charge on any atom is 0.233 e. The van der Waals surface area contributed by atoms with Gasteiger partial charge in [-0.3, -0.25) is 14.5 Å². The predicted molar refractivity (Wildman–Crippen MR) is 108 cm³/mol. The third-order valence-corrected chi connectivity index (χ3v) is 6.12. The second-order valence-corrected chi connectivity index (χ2v) is 7.87. The fourth-order valence-corrected chi connectivity index (χ4v) is 4.72. The molecule has 2 aliphatic carbocycles. The molecule has 30 heavy (non-hydrogen) atoms. The minimum absolute atomic E-state index is 0.0646. The molecule has 3 aliphatic rings. The minimum atomic E-state index is -0.475. The van der Waals surface area contributed by atoms with Crippen LogP contribution in [0.5, 0.6) is 0 Å². The Kier molecular flexibility index (Phi) is 5.53. The van der Waals surface area contributed by atoms with Crippen LogP contribution in [0.2, 0.25) is 0 Å². The molecular weight excluding hydrogens is 385 g/mol. The number of allylic oxidation sites excluding steroid dienone is 2. The number of likely N-dealkylation sites (tertiary alicyclic amines) is 1. The maximum atomic E-state index is 14.0. The van der Waals surface area contributed by atoms with E-state index in [-0.39, 0.29) is 54.1 Å². The van der Waals surface area contributed by atoms with E-state index in [1.54, 1.807) is 12.1 Å². The number of fused-ring (bicyclic) bond motifs is 5. The number of rotatable bonds is 6. The Hall–Kier alpha value is -3.21. The lowest BCUT2D eigenvalue weighted by atomic mass is 9.85. The van der Waals surface area contributed by atoms with Crippen LogP contribution in [0.25, 0.3) is 0 Å². The molecule has 156 valence electrons. The first kappa shape index (κ1) is 20.1. The number of benzene rings is 1. The van der Waals surface area contributed by atoms with Crippen molar-refractivity contribution in [1.82, 2.24) is 15.5 Å². The van der Waals surface area contributed by atoms with E-state index in [0.717, 1.165) is 6.42 Å². The summed E-state index contributed by atoms with van der Waals surface area (Å²) in [5.74, 6) is -0.0943. The molecule has 0 aromatic heterocycles. The van der Waals surface area contributed by atoms with Crippen molar-refractivity contribution in [3.63, 3.8) is 0 Å². The number of nitrogens with zero attached hydrogens (tertiary/aromatic N) is 3. The Bertz CT molecular complexity index is 937. The van der Waals surface area contributed by atoms with Gasteiger partial charge >= 0.3 is 0 Å². The third kappa shape index (κ3) is 3.56. The summed E-state index contributed by atoms with van der Waals surface area (Å²) in [4.78, 5) is 31.2. The van der Waals surface area contributed by atoms with Crippen LogP contribution in [0, 0.1) is 40.8 Å². The summed E-state index contributed by atoms with van der Waals surface area (Å²) in [7, 11) is 0. The first-order valence-corrected chi connectivity index (χ1v) is 10.3. The molecule has 1 saturated carbocycles. The molecule has 1 aliphatic heterocycles. The van der Waals surface area contributed by atoms with E-state index in [0.29, 0.717) is 24.6 Å². The molecule has 2 bridgehead atoms. The number of imide groups is 1. The molecule has 4 rings (SSSR count). The highest BCUT2D eigenvalue weighted by Crippen LogP contribution is 2.52. The van der Waals surface area contributed by atoms with Crippen LogP contribution in [0.4, 0.5) is 4.39 Å². The molecule has 8 heteroatoms. The normalized spacial score (nSPS) is 26.8. The van der Waals surface area contributed by atoms with Gasteiger partial charge in [-0.25, -0.2) is 9.38 Å².